The molecular weight excluding hydrogens is 241 g/mol. The van der Waals surface area contributed by atoms with Crippen LogP contribution in [0.1, 0.15) is 19.8 Å². The van der Waals surface area contributed by atoms with E-state index in [-0.39, 0.29) is 16.7 Å². The molecule has 0 fully saturated rings. The van der Waals surface area contributed by atoms with Crippen LogP contribution >= 0.6 is 12.2 Å². The van der Waals surface area contributed by atoms with Crippen LogP contribution in [0.4, 0.5) is 10.2 Å². The Morgan fingerprint density at radius 2 is 2.35 bits per heavy atom. The molecule has 6 heteroatoms. The molecule has 0 bridgehead atoms. The molecule has 1 atom stereocenters. The van der Waals surface area contributed by atoms with Crippen LogP contribution in [0.15, 0.2) is 18.3 Å². The van der Waals surface area contributed by atoms with Crippen LogP contribution in [0.3, 0.4) is 0 Å². The highest BCUT2D eigenvalue weighted by molar-refractivity contribution is 7.80. The van der Waals surface area contributed by atoms with Crippen molar-refractivity contribution in [3.63, 3.8) is 0 Å². The van der Waals surface area contributed by atoms with Crippen molar-refractivity contribution in [1.82, 2.24) is 4.98 Å². The predicted molar refractivity (Wildman–Crippen MR) is 68.0 cm³/mol. The average molecular weight is 255 g/mol. The standard InChI is InChI=1S/C11H14FN3OS/c1-2-3-8(10(13)17)11(16)15-9-5-4-7(12)6-14-9/h4-6,8H,2-3H2,1H3,(H2,13,17)(H,14,15,16). The first-order valence-corrected chi connectivity index (χ1v) is 5.67. The van der Waals surface area contributed by atoms with E-state index in [0.29, 0.717) is 6.42 Å². The van der Waals surface area contributed by atoms with Crippen molar-refractivity contribution >= 4 is 28.9 Å². The molecule has 1 rings (SSSR count). The van der Waals surface area contributed by atoms with E-state index >= 15 is 0 Å². The maximum atomic E-state index is 12.6. The van der Waals surface area contributed by atoms with Gasteiger partial charge in [-0.2, -0.15) is 0 Å². The van der Waals surface area contributed by atoms with E-state index in [2.05, 4.69) is 10.3 Å². The Balaban J connectivity index is 2.69. The number of hydrogen-bond acceptors (Lipinski definition) is 3. The van der Waals surface area contributed by atoms with Gasteiger partial charge in [-0.25, -0.2) is 9.37 Å². The van der Waals surface area contributed by atoms with Gasteiger partial charge in [-0.1, -0.05) is 25.6 Å². The SMILES string of the molecule is CCCC(C(=O)Nc1ccc(F)cn1)C(N)=S. The first-order chi connectivity index (χ1) is 8.04. The Morgan fingerprint density at radius 3 is 2.82 bits per heavy atom. The summed E-state index contributed by atoms with van der Waals surface area (Å²) in [4.78, 5) is 15.7. The third kappa shape index (κ3) is 4.07. The van der Waals surface area contributed by atoms with E-state index in [1.165, 1.54) is 12.1 Å². The highest BCUT2D eigenvalue weighted by atomic mass is 32.1. The minimum Gasteiger partial charge on any atom is -0.393 e. The molecule has 3 N–H and O–H groups in total. The van der Waals surface area contributed by atoms with Crippen LogP contribution in [0.25, 0.3) is 0 Å². The third-order valence-electron chi connectivity index (χ3n) is 2.22. The number of carbonyl (C=O) groups is 1. The molecule has 1 heterocycles. The number of rotatable bonds is 5. The summed E-state index contributed by atoms with van der Waals surface area (Å²) < 4.78 is 12.6. The molecule has 0 aromatic carbocycles. The van der Waals surface area contributed by atoms with Crippen LogP contribution in [-0.4, -0.2) is 15.9 Å². The van der Waals surface area contributed by atoms with Crippen molar-refractivity contribution in [2.45, 2.75) is 19.8 Å². The Bertz CT molecular complexity index is 408. The lowest BCUT2D eigenvalue weighted by Gasteiger charge is -2.13. The fourth-order valence-electron chi connectivity index (χ4n) is 1.35. The number of pyridine rings is 1. The summed E-state index contributed by atoms with van der Waals surface area (Å²) >= 11 is 4.83. The highest BCUT2D eigenvalue weighted by Gasteiger charge is 2.20. The minimum atomic E-state index is -0.512. The minimum absolute atomic E-state index is 0.159. The maximum Gasteiger partial charge on any atom is 0.235 e. The molecule has 0 saturated carbocycles. The zero-order valence-corrected chi connectivity index (χ0v) is 10.3. The molecule has 0 aliphatic carbocycles. The van der Waals surface area contributed by atoms with Crippen molar-refractivity contribution < 1.29 is 9.18 Å². The summed E-state index contributed by atoms with van der Waals surface area (Å²) in [6.45, 7) is 1.94. The van der Waals surface area contributed by atoms with Gasteiger partial charge < -0.3 is 11.1 Å². The molecule has 1 amide bonds. The molecular formula is C11H14FN3OS. The summed E-state index contributed by atoms with van der Waals surface area (Å²) in [6, 6.07) is 2.61. The van der Waals surface area contributed by atoms with Gasteiger partial charge in [0.15, 0.2) is 0 Å². The van der Waals surface area contributed by atoms with E-state index in [1.54, 1.807) is 0 Å². The van der Waals surface area contributed by atoms with E-state index in [1.807, 2.05) is 6.92 Å². The molecule has 0 spiro atoms. The number of nitrogens with one attached hydrogen (secondary N) is 1. The number of anilines is 1. The normalized spacial score (nSPS) is 11.9. The maximum absolute atomic E-state index is 12.6. The van der Waals surface area contributed by atoms with Crippen molar-refractivity contribution in [3.05, 3.63) is 24.1 Å². The number of aromatic nitrogens is 1. The van der Waals surface area contributed by atoms with Gasteiger partial charge in [0.1, 0.15) is 11.6 Å². The molecule has 0 aliphatic rings. The summed E-state index contributed by atoms with van der Waals surface area (Å²) in [5.74, 6) is -0.989. The molecule has 1 aromatic heterocycles. The Kier molecular flexibility index (Phi) is 4.96. The summed E-state index contributed by atoms with van der Waals surface area (Å²) in [7, 11) is 0. The largest absolute Gasteiger partial charge is 0.393 e. The Morgan fingerprint density at radius 1 is 1.65 bits per heavy atom. The lowest BCUT2D eigenvalue weighted by atomic mass is 10.0. The number of hydrogen-bond donors (Lipinski definition) is 2. The molecule has 0 saturated heterocycles. The summed E-state index contributed by atoms with van der Waals surface area (Å²) in [5.41, 5.74) is 5.49. The highest BCUT2D eigenvalue weighted by Crippen LogP contribution is 2.11. The topological polar surface area (TPSA) is 68.0 Å². The van der Waals surface area contributed by atoms with Crippen LogP contribution in [0, 0.1) is 11.7 Å². The van der Waals surface area contributed by atoms with Gasteiger partial charge in [0.25, 0.3) is 0 Å². The van der Waals surface area contributed by atoms with E-state index in [4.69, 9.17) is 18.0 Å². The summed E-state index contributed by atoms with van der Waals surface area (Å²) in [5, 5.41) is 2.55. The monoisotopic (exact) mass is 255 g/mol. The van der Waals surface area contributed by atoms with Crippen LogP contribution in [-0.2, 0) is 4.79 Å². The fourth-order valence-corrected chi connectivity index (χ4v) is 1.58. The third-order valence-corrected chi connectivity index (χ3v) is 2.50. The quantitative estimate of drug-likeness (QED) is 0.788. The summed E-state index contributed by atoms with van der Waals surface area (Å²) in [6.07, 6.45) is 2.42. The smallest absolute Gasteiger partial charge is 0.235 e. The number of thiocarbonyl (C=S) groups is 1. The van der Waals surface area contributed by atoms with Crippen LogP contribution in [0.5, 0.6) is 0 Å². The molecule has 1 unspecified atom stereocenters. The number of nitrogens with zero attached hydrogens (tertiary/aromatic N) is 1. The van der Waals surface area contributed by atoms with E-state index in [9.17, 15) is 9.18 Å². The van der Waals surface area contributed by atoms with Crippen molar-refractivity contribution in [2.75, 3.05) is 5.32 Å². The second kappa shape index (κ2) is 6.24. The first-order valence-electron chi connectivity index (χ1n) is 5.26. The average Bonchev–Trinajstić information content (AvgIpc) is 2.28. The van der Waals surface area contributed by atoms with E-state index in [0.717, 1.165) is 12.6 Å². The van der Waals surface area contributed by atoms with Gasteiger partial charge in [0.2, 0.25) is 5.91 Å². The Labute approximate surface area is 104 Å². The van der Waals surface area contributed by atoms with Crippen LogP contribution in [0.2, 0.25) is 0 Å². The number of nitrogens with two attached hydrogens (primary N) is 1. The van der Waals surface area contributed by atoms with Gasteiger partial charge in [-0.15, -0.1) is 0 Å². The molecule has 0 aliphatic heterocycles. The zero-order chi connectivity index (χ0) is 12.8. The van der Waals surface area contributed by atoms with Gasteiger partial charge in [0, 0.05) is 0 Å². The second-order valence-electron chi connectivity index (χ2n) is 3.59. The van der Waals surface area contributed by atoms with Crippen molar-refractivity contribution in [1.29, 1.82) is 0 Å². The number of halogens is 1. The predicted octanol–water partition coefficient (Wildman–Crippen LogP) is 1.86. The Hall–Kier alpha value is -1.56. The van der Waals surface area contributed by atoms with Gasteiger partial charge in [-0.3, -0.25) is 4.79 Å². The number of amides is 1. The molecule has 17 heavy (non-hydrogen) atoms. The second-order valence-corrected chi connectivity index (χ2v) is 4.07. The first kappa shape index (κ1) is 13.5. The van der Waals surface area contributed by atoms with Crippen LogP contribution < -0.4 is 11.1 Å². The molecule has 0 radical (unpaired) electrons. The fraction of sp³-hybridized carbons (Fsp3) is 0.364. The molecule has 4 nitrogen and oxygen atoms in total. The van der Waals surface area contributed by atoms with Gasteiger partial charge >= 0.3 is 0 Å². The number of carbonyl (C=O) groups excluding carboxylic acids is 1. The van der Waals surface area contributed by atoms with Gasteiger partial charge in [-0.05, 0) is 18.6 Å². The molecule has 92 valence electrons. The van der Waals surface area contributed by atoms with Gasteiger partial charge in [0.05, 0.1) is 17.1 Å². The zero-order valence-electron chi connectivity index (χ0n) is 9.44. The van der Waals surface area contributed by atoms with Crippen molar-refractivity contribution in [2.24, 2.45) is 11.7 Å². The van der Waals surface area contributed by atoms with E-state index < -0.39 is 11.7 Å². The molecule has 1 aromatic rings. The lowest BCUT2D eigenvalue weighted by Crippen LogP contribution is -2.33. The lowest BCUT2D eigenvalue weighted by molar-refractivity contribution is -0.118. The van der Waals surface area contributed by atoms with Crippen molar-refractivity contribution in [3.8, 4) is 0 Å².